The fraction of sp³-hybridized carbons (Fsp3) is 0.833. The average Bonchev–Trinajstić information content (AvgIpc) is 1.90. The van der Waals surface area contributed by atoms with Gasteiger partial charge >= 0.3 is 5.78 Å². The Balaban J connectivity index is 2.33. The highest BCUT2D eigenvalue weighted by molar-refractivity contribution is 5.79. The van der Waals surface area contributed by atoms with Gasteiger partial charge < -0.3 is 5.26 Å². The van der Waals surface area contributed by atoms with Crippen LogP contribution in [0.5, 0.6) is 0 Å². The Morgan fingerprint density at radius 3 is 2.12 bits per heavy atom. The van der Waals surface area contributed by atoms with Gasteiger partial charge in [0.25, 0.3) is 0 Å². The second kappa shape index (κ2) is 2.70. The van der Waals surface area contributed by atoms with Gasteiger partial charge in [-0.15, -0.1) is 0 Å². The summed E-state index contributed by atoms with van der Waals surface area (Å²) in [6, 6.07) is 0. The number of hydrogen-bond donors (Lipinski definition) is 0. The molecule has 46 valence electrons. The zero-order chi connectivity index (χ0) is 5.82. The van der Waals surface area contributed by atoms with E-state index < -0.39 is 0 Å². The molecule has 0 radical (unpaired) electrons. The third-order valence-electron chi connectivity index (χ3n) is 1.53. The van der Waals surface area contributed by atoms with E-state index in [1.54, 1.807) is 0 Å². The maximum atomic E-state index is 9.75. The minimum atomic E-state index is 0.747. The first kappa shape index (κ1) is 5.60. The van der Waals surface area contributed by atoms with Crippen LogP contribution in [-0.2, 0) is 4.58 Å². The molecule has 2 heteroatoms. The second-order valence-corrected chi connectivity index (χ2v) is 2.18. The normalized spacial score (nSPS) is 20.8. The van der Waals surface area contributed by atoms with Gasteiger partial charge in [-0.05, 0) is 12.8 Å². The number of hydrogen-bond acceptors (Lipinski definition) is 1. The van der Waals surface area contributed by atoms with Gasteiger partial charge in [-0.1, -0.05) is 6.42 Å². The maximum Gasteiger partial charge on any atom is 0.329 e. The molecule has 0 aromatic heterocycles. The topological polar surface area (TPSA) is 34.4 Å². The fourth-order valence-corrected chi connectivity index (χ4v) is 1.03. The van der Waals surface area contributed by atoms with Crippen molar-refractivity contribution in [2.45, 2.75) is 32.1 Å². The van der Waals surface area contributed by atoms with Crippen molar-refractivity contribution in [3.05, 3.63) is 0 Å². The predicted molar refractivity (Wildman–Crippen MR) is 28.1 cm³/mol. The summed E-state index contributed by atoms with van der Waals surface area (Å²) in [5.74, 6) is 0.747. The Morgan fingerprint density at radius 2 is 1.75 bits per heavy atom. The van der Waals surface area contributed by atoms with E-state index in [0.717, 1.165) is 31.5 Å². The first-order valence-corrected chi connectivity index (χ1v) is 3.08. The van der Waals surface area contributed by atoms with E-state index in [9.17, 15) is 5.26 Å². The molecule has 1 aliphatic rings. The van der Waals surface area contributed by atoms with E-state index in [2.05, 4.69) is 4.58 Å². The van der Waals surface area contributed by atoms with Crippen LogP contribution in [0.15, 0.2) is 0 Å². The zero-order valence-electron chi connectivity index (χ0n) is 4.85. The van der Waals surface area contributed by atoms with Crippen LogP contribution in [0.2, 0.25) is 0 Å². The molecule has 0 saturated heterocycles. The summed E-state index contributed by atoms with van der Waals surface area (Å²) < 4.78 is 3.86. The summed E-state index contributed by atoms with van der Waals surface area (Å²) in [5, 5.41) is 9.75. The molecule has 1 saturated carbocycles. The summed E-state index contributed by atoms with van der Waals surface area (Å²) in [4.78, 5) is 0. The standard InChI is InChI=1S/C6H10O2/c7-8-6-4-2-1-3-5-6/h1-5H2. The lowest BCUT2D eigenvalue weighted by atomic mass is 10.00. The molecule has 0 unspecified atom stereocenters. The zero-order valence-corrected chi connectivity index (χ0v) is 4.85. The SMILES string of the molecule is [O-][O+]=C1CCCCC1. The number of ketones is 1. The Bertz CT molecular complexity index is 88.7. The van der Waals surface area contributed by atoms with E-state index in [1.165, 1.54) is 6.42 Å². The molecule has 1 aliphatic carbocycles. The molecule has 2 nitrogen and oxygen atoms in total. The predicted octanol–water partition coefficient (Wildman–Crippen LogP) is 0.331. The Hall–Kier alpha value is -0.530. The summed E-state index contributed by atoms with van der Waals surface area (Å²) in [7, 11) is 0. The van der Waals surface area contributed by atoms with Crippen LogP contribution in [0.25, 0.3) is 0 Å². The van der Waals surface area contributed by atoms with Gasteiger partial charge in [0.15, 0.2) is 0 Å². The molecule has 0 N–H and O–H groups in total. The van der Waals surface area contributed by atoms with Gasteiger partial charge in [-0.25, -0.2) is 0 Å². The van der Waals surface area contributed by atoms with Crippen molar-refractivity contribution in [2.24, 2.45) is 0 Å². The van der Waals surface area contributed by atoms with Gasteiger partial charge in [0.05, 0.1) is 12.8 Å². The molecule has 0 amide bonds. The van der Waals surface area contributed by atoms with Crippen LogP contribution < -0.4 is 5.26 Å². The van der Waals surface area contributed by atoms with E-state index in [1.807, 2.05) is 0 Å². The maximum absolute atomic E-state index is 9.75. The van der Waals surface area contributed by atoms with Crippen LogP contribution >= 0.6 is 0 Å². The molecule has 8 heavy (non-hydrogen) atoms. The van der Waals surface area contributed by atoms with Gasteiger partial charge in [-0.2, -0.15) is 4.58 Å². The van der Waals surface area contributed by atoms with Crippen LogP contribution in [0.1, 0.15) is 32.1 Å². The lowest BCUT2D eigenvalue weighted by Crippen LogP contribution is -2.12. The summed E-state index contributed by atoms with van der Waals surface area (Å²) >= 11 is 0. The minimum absolute atomic E-state index is 0.747. The molecule has 1 rings (SSSR count). The van der Waals surface area contributed by atoms with E-state index in [-0.39, 0.29) is 0 Å². The first-order chi connectivity index (χ1) is 3.93. The smallest absolute Gasteiger partial charge is 0.329 e. The highest BCUT2D eigenvalue weighted by Crippen LogP contribution is 2.12. The van der Waals surface area contributed by atoms with E-state index in [0.29, 0.717) is 0 Å². The summed E-state index contributed by atoms with van der Waals surface area (Å²) in [6.07, 6.45) is 5.31. The van der Waals surface area contributed by atoms with Gasteiger partial charge in [0.2, 0.25) is 0 Å². The molecular weight excluding hydrogens is 104 g/mol. The van der Waals surface area contributed by atoms with Crippen molar-refractivity contribution in [2.75, 3.05) is 0 Å². The highest BCUT2D eigenvalue weighted by Gasteiger charge is 2.14. The third-order valence-corrected chi connectivity index (χ3v) is 1.53. The quantitative estimate of drug-likeness (QED) is 0.254. The van der Waals surface area contributed by atoms with Gasteiger partial charge in [0, 0.05) is 0 Å². The van der Waals surface area contributed by atoms with Gasteiger partial charge in [-0.3, -0.25) is 0 Å². The van der Waals surface area contributed by atoms with Crippen molar-refractivity contribution in [3.63, 3.8) is 0 Å². The Kier molecular flexibility index (Phi) is 1.89. The van der Waals surface area contributed by atoms with E-state index >= 15 is 0 Å². The molecule has 0 atom stereocenters. The lowest BCUT2D eigenvalue weighted by Gasteiger charge is -2.02. The average molecular weight is 114 g/mol. The Morgan fingerprint density at radius 1 is 1.12 bits per heavy atom. The Labute approximate surface area is 48.8 Å². The lowest BCUT2D eigenvalue weighted by molar-refractivity contribution is -1.05. The minimum Gasteiger partial charge on any atom is -0.463 e. The largest absolute Gasteiger partial charge is 0.463 e. The molecule has 0 aromatic carbocycles. The first-order valence-electron chi connectivity index (χ1n) is 3.08. The molecule has 0 bridgehead atoms. The molecule has 0 spiro atoms. The molecule has 1 fully saturated rings. The van der Waals surface area contributed by atoms with Crippen molar-refractivity contribution >= 4 is 5.78 Å². The van der Waals surface area contributed by atoms with Crippen LogP contribution in [0, 0.1) is 0 Å². The van der Waals surface area contributed by atoms with Crippen LogP contribution in [0.4, 0.5) is 0 Å². The van der Waals surface area contributed by atoms with Crippen LogP contribution in [-0.4, -0.2) is 5.78 Å². The molecule has 0 aliphatic heterocycles. The molecular formula is C6H10O2. The molecule has 0 heterocycles. The summed E-state index contributed by atoms with van der Waals surface area (Å²) in [6.45, 7) is 0. The fourth-order valence-electron chi connectivity index (χ4n) is 1.03. The van der Waals surface area contributed by atoms with Crippen LogP contribution in [0.3, 0.4) is 0 Å². The number of carbonyl (C=O) groups excluding carboxylic acids is 1. The van der Waals surface area contributed by atoms with Gasteiger partial charge in [0.1, 0.15) is 0 Å². The summed E-state index contributed by atoms with van der Waals surface area (Å²) in [5.41, 5.74) is 0. The molecule has 0 aromatic rings. The van der Waals surface area contributed by atoms with Crippen molar-refractivity contribution in [1.29, 1.82) is 0 Å². The van der Waals surface area contributed by atoms with Crippen molar-refractivity contribution in [3.8, 4) is 0 Å². The monoisotopic (exact) mass is 114 g/mol. The number of rotatable bonds is 0. The van der Waals surface area contributed by atoms with Crippen molar-refractivity contribution < 1.29 is 9.83 Å². The van der Waals surface area contributed by atoms with E-state index in [4.69, 9.17) is 0 Å². The highest BCUT2D eigenvalue weighted by atomic mass is 17.1. The second-order valence-electron chi connectivity index (χ2n) is 2.18. The third kappa shape index (κ3) is 1.22. The van der Waals surface area contributed by atoms with Crippen molar-refractivity contribution in [1.82, 2.24) is 0 Å².